The van der Waals surface area contributed by atoms with Gasteiger partial charge < -0.3 is 20.3 Å². The minimum atomic E-state index is -0.342. The van der Waals surface area contributed by atoms with Crippen LogP contribution in [0.25, 0.3) is 0 Å². The average molecular weight is 399 g/mol. The minimum Gasteiger partial charge on any atom is -0.491 e. The Morgan fingerprint density at radius 1 is 1.14 bits per heavy atom. The molecule has 0 aromatic heterocycles. The minimum absolute atomic E-state index is 0.287. The third kappa shape index (κ3) is 6.11. The molecule has 5 nitrogen and oxygen atoms in total. The third-order valence-corrected chi connectivity index (χ3v) is 5.02. The van der Waals surface area contributed by atoms with E-state index in [0.29, 0.717) is 19.2 Å². The first-order chi connectivity index (χ1) is 14.2. The van der Waals surface area contributed by atoms with Crippen LogP contribution in [0.1, 0.15) is 32.3 Å². The number of ether oxygens (including phenoxy) is 1. The van der Waals surface area contributed by atoms with Gasteiger partial charge in [0, 0.05) is 31.4 Å². The zero-order chi connectivity index (χ0) is 20.5. The van der Waals surface area contributed by atoms with Crippen molar-refractivity contribution < 1.29 is 9.13 Å². The number of nitrogens with one attached hydrogen (secondary N) is 2. The molecule has 0 aliphatic carbocycles. The van der Waals surface area contributed by atoms with Crippen LogP contribution in [0.2, 0.25) is 0 Å². The summed E-state index contributed by atoms with van der Waals surface area (Å²) >= 11 is 0. The number of para-hydroxylation sites is 1. The van der Waals surface area contributed by atoms with Crippen molar-refractivity contribution in [3.63, 3.8) is 0 Å². The average Bonchev–Trinajstić information content (AvgIpc) is 2.75. The van der Waals surface area contributed by atoms with Gasteiger partial charge in [-0.3, -0.25) is 0 Å². The SMILES string of the molecule is CCNC(=NCc1ccc(OCC)c(F)c1)NC1CCN(c2ccccc2)CC1. The normalized spacial score (nSPS) is 15.3. The Hall–Kier alpha value is -2.76. The molecule has 1 aliphatic rings. The van der Waals surface area contributed by atoms with Crippen molar-refractivity contribution in [3.05, 3.63) is 59.9 Å². The summed E-state index contributed by atoms with van der Waals surface area (Å²) in [4.78, 5) is 7.07. The van der Waals surface area contributed by atoms with E-state index in [2.05, 4.69) is 44.8 Å². The van der Waals surface area contributed by atoms with Gasteiger partial charge in [-0.05, 0) is 56.5 Å². The summed E-state index contributed by atoms with van der Waals surface area (Å²) in [6.07, 6.45) is 2.11. The number of benzene rings is 2. The van der Waals surface area contributed by atoms with E-state index in [4.69, 9.17) is 4.74 Å². The van der Waals surface area contributed by atoms with Crippen LogP contribution >= 0.6 is 0 Å². The summed E-state index contributed by atoms with van der Waals surface area (Å²) < 4.78 is 19.3. The molecule has 3 rings (SSSR count). The fraction of sp³-hybridized carbons (Fsp3) is 0.435. The first-order valence-corrected chi connectivity index (χ1v) is 10.5. The molecular weight excluding hydrogens is 367 g/mol. The lowest BCUT2D eigenvalue weighted by Crippen LogP contribution is -2.48. The zero-order valence-electron chi connectivity index (χ0n) is 17.3. The second-order valence-corrected chi connectivity index (χ2v) is 7.13. The van der Waals surface area contributed by atoms with Gasteiger partial charge in [-0.2, -0.15) is 0 Å². The van der Waals surface area contributed by atoms with E-state index >= 15 is 0 Å². The van der Waals surface area contributed by atoms with Gasteiger partial charge in [0.1, 0.15) is 0 Å². The lowest BCUT2D eigenvalue weighted by molar-refractivity contribution is 0.321. The molecule has 1 saturated heterocycles. The van der Waals surface area contributed by atoms with Crippen LogP contribution in [0.3, 0.4) is 0 Å². The van der Waals surface area contributed by atoms with Gasteiger partial charge >= 0.3 is 0 Å². The van der Waals surface area contributed by atoms with Crippen molar-refractivity contribution in [3.8, 4) is 5.75 Å². The van der Waals surface area contributed by atoms with Crippen molar-refractivity contribution >= 4 is 11.6 Å². The topological polar surface area (TPSA) is 48.9 Å². The maximum Gasteiger partial charge on any atom is 0.191 e. The van der Waals surface area contributed by atoms with Crippen LogP contribution in [-0.2, 0) is 6.54 Å². The maximum absolute atomic E-state index is 14.0. The molecule has 2 aromatic rings. The number of piperidine rings is 1. The molecule has 29 heavy (non-hydrogen) atoms. The number of hydrogen-bond acceptors (Lipinski definition) is 3. The van der Waals surface area contributed by atoms with E-state index in [1.807, 2.05) is 26.0 Å². The molecule has 0 radical (unpaired) electrons. The molecular formula is C23H31FN4O. The lowest BCUT2D eigenvalue weighted by Gasteiger charge is -2.34. The molecule has 2 aromatic carbocycles. The fourth-order valence-corrected chi connectivity index (χ4v) is 3.52. The van der Waals surface area contributed by atoms with Crippen LogP contribution < -0.4 is 20.3 Å². The number of guanidine groups is 1. The summed E-state index contributed by atoms with van der Waals surface area (Å²) in [6, 6.07) is 15.9. The highest BCUT2D eigenvalue weighted by molar-refractivity contribution is 5.80. The summed E-state index contributed by atoms with van der Waals surface area (Å²) in [5, 5.41) is 6.84. The first-order valence-electron chi connectivity index (χ1n) is 10.5. The van der Waals surface area contributed by atoms with E-state index in [9.17, 15) is 4.39 Å². The monoisotopic (exact) mass is 398 g/mol. The predicted octanol–water partition coefficient (Wildman–Crippen LogP) is 3.95. The van der Waals surface area contributed by atoms with Gasteiger partial charge in [0.05, 0.1) is 13.2 Å². The second-order valence-electron chi connectivity index (χ2n) is 7.13. The van der Waals surface area contributed by atoms with E-state index in [-0.39, 0.29) is 11.6 Å². The second kappa shape index (κ2) is 10.7. The Morgan fingerprint density at radius 3 is 2.55 bits per heavy atom. The highest BCUT2D eigenvalue weighted by atomic mass is 19.1. The molecule has 6 heteroatoms. The first kappa shape index (κ1) is 21.0. The molecule has 0 amide bonds. The summed E-state index contributed by atoms with van der Waals surface area (Å²) in [5.41, 5.74) is 2.10. The number of halogens is 1. The van der Waals surface area contributed by atoms with Crippen LogP contribution in [0.4, 0.5) is 10.1 Å². The highest BCUT2D eigenvalue weighted by Gasteiger charge is 2.20. The Balaban J connectivity index is 1.55. The smallest absolute Gasteiger partial charge is 0.191 e. The summed E-state index contributed by atoms with van der Waals surface area (Å²) in [5.74, 6) is 0.723. The third-order valence-electron chi connectivity index (χ3n) is 5.02. The number of anilines is 1. The quantitative estimate of drug-likeness (QED) is 0.548. The van der Waals surface area contributed by atoms with E-state index < -0.39 is 0 Å². The van der Waals surface area contributed by atoms with E-state index in [1.54, 1.807) is 6.07 Å². The predicted molar refractivity (Wildman–Crippen MR) is 117 cm³/mol. The van der Waals surface area contributed by atoms with Crippen molar-refractivity contribution in [2.24, 2.45) is 4.99 Å². The van der Waals surface area contributed by atoms with Gasteiger partial charge in [0.2, 0.25) is 0 Å². The molecule has 2 N–H and O–H groups in total. The molecule has 0 spiro atoms. The molecule has 0 bridgehead atoms. The Morgan fingerprint density at radius 2 is 1.90 bits per heavy atom. The number of hydrogen-bond donors (Lipinski definition) is 2. The van der Waals surface area contributed by atoms with E-state index in [1.165, 1.54) is 11.8 Å². The zero-order valence-corrected chi connectivity index (χ0v) is 17.3. The van der Waals surface area contributed by atoms with Gasteiger partial charge in [-0.1, -0.05) is 24.3 Å². The standard InChI is InChI=1S/C23H31FN4O/c1-3-25-23(26-17-18-10-11-22(29-4-2)21(24)16-18)27-19-12-14-28(15-13-19)20-8-6-5-7-9-20/h5-11,16,19H,3-4,12-15,17H2,1-2H3,(H2,25,26,27). The number of aliphatic imine (C=N–C) groups is 1. The molecule has 0 unspecified atom stereocenters. The van der Waals surface area contributed by atoms with Crippen LogP contribution in [0, 0.1) is 5.82 Å². The van der Waals surface area contributed by atoms with Gasteiger partial charge in [-0.25, -0.2) is 9.38 Å². The Kier molecular flexibility index (Phi) is 7.73. The number of rotatable bonds is 7. The molecule has 0 saturated carbocycles. The van der Waals surface area contributed by atoms with Gasteiger partial charge in [0.25, 0.3) is 0 Å². The van der Waals surface area contributed by atoms with Crippen molar-refractivity contribution in [1.82, 2.24) is 10.6 Å². The fourth-order valence-electron chi connectivity index (χ4n) is 3.52. The molecule has 1 fully saturated rings. The summed E-state index contributed by atoms with van der Waals surface area (Å²) in [6.45, 7) is 7.58. The number of nitrogens with zero attached hydrogens (tertiary/aromatic N) is 2. The van der Waals surface area contributed by atoms with Gasteiger partial charge in [-0.15, -0.1) is 0 Å². The highest BCUT2D eigenvalue weighted by Crippen LogP contribution is 2.20. The summed E-state index contributed by atoms with van der Waals surface area (Å²) in [7, 11) is 0. The van der Waals surface area contributed by atoms with Crippen molar-refractivity contribution in [2.45, 2.75) is 39.3 Å². The maximum atomic E-state index is 14.0. The molecule has 0 atom stereocenters. The molecule has 156 valence electrons. The Bertz CT molecular complexity index is 789. The Labute approximate surface area is 173 Å². The molecule has 1 aliphatic heterocycles. The van der Waals surface area contributed by atoms with Crippen LogP contribution in [0.5, 0.6) is 5.75 Å². The van der Waals surface area contributed by atoms with Crippen molar-refractivity contribution in [1.29, 1.82) is 0 Å². The largest absolute Gasteiger partial charge is 0.491 e. The van der Waals surface area contributed by atoms with Crippen molar-refractivity contribution in [2.75, 3.05) is 31.1 Å². The van der Waals surface area contributed by atoms with Crippen LogP contribution in [0.15, 0.2) is 53.5 Å². The van der Waals surface area contributed by atoms with E-state index in [0.717, 1.165) is 44.0 Å². The molecule has 1 heterocycles. The lowest BCUT2D eigenvalue weighted by atomic mass is 10.0. The van der Waals surface area contributed by atoms with Crippen LogP contribution in [-0.4, -0.2) is 38.2 Å². The van der Waals surface area contributed by atoms with Gasteiger partial charge in [0.15, 0.2) is 17.5 Å².